The van der Waals surface area contributed by atoms with Crippen molar-refractivity contribution in [3.8, 4) is 0 Å². The Kier molecular flexibility index (Phi) is 5.68. The van der Waals surface area contributed by atoms with Crippen LogP contribution >= 0.6 is 0 Å². The van der Waals surface area contributed by atoms with Gasteiger partial charge in [0.05, 0.1) is 18.9 Å². The first-order valence-electron chi connectivity index (χ1n) is 8.83. The molecule has 2 aliphatic heterocycles. The van der Waals surface area contributed by atoms with Crippen LogP contribution in [0.2, 0.25) is 0 Å². The third-order valence-corrected chi connectivity index (χ3v) is 4.97. The highest BCUT2D eigenvalue weighted by molar-refractivity contribution is 5.94. The molecule has 1 aromatic carbocycles. The Bertz CT molecular complexity index is 575. The minimum atomic E-state index is -0.347. The number of carbonyl (C=O) groups is 1. The molecule has 3 rings (SSSR count). The predicted octanol–water partition coefficient (Wildman–Crippen LogP) is 1.88. The van der Waals surface area contributed by atoms with Gasteiger partial charge in [0.1, 0.15) is 5.82 Å². The van der Waals surface area contributed by atoms with E-state index in [-0.39, 0.29) is 11.7 Å². The van der Waals surface area contributed by atoms with Crippen LogP contribution in [0.1, 0.15) is 30.1 Å². The van der Waals surface area contributed by atoms with Crippen molar-refractivity contribution in [2.24, 2.45) is 0 Å². The summed E-state index contributed by atoms with van der Waals surface area (Å²) >= 11 is 0. The summed E-state index contributed by atoms with van der Waals surface area (Å²) in [7, 11) is 0. The van der Waals surface area contributed by atoms with Gasteiger partial charge in [0, 0.05) is 31.2 Å². The molecule has 2 heterocycles. The topological polar surface area (TPSA) is 44.8 Å². The number of halogens is 1. The number of carbonyl (C=O) groups excluding carboxylic acids is 1. The molecule has 0 unspecified atom stereocenters. The van der Waals surface area contributed by atoms with Crippen molar-refractivity contribution in [3.05, 3.63) is 29.6 Å². The van der Waals surface area contributed by atoms with Crippen molar-refractivity contribution < 1.29 is 13.9 Å². The maximum absolute atomic E-state index is 14.4. The SMILES string of the molecule is CCN1CCC[C@H]1CNC(=O)c1ccc(N2CCOCC2)c(F)c1. The molecular formula is C18H26FN3O2. The Morgan fingerprint density at radius 2 is 2.12 bits per heavy atom. The van der Waals surface area contributed by atoms with Gasteiger partial charge in [-0.25, -0.2) is 4.39 Å². The van der Waals surface area contributed by atoms with E-state index < -0.39 is 0 Å². The lowest BCUT2D eigenvalue weighted by Gasteiger charge is -2.29. The monoisotopic (exact) mass is 335 g/mol. The standard InChI is InChI=1S/C18H26FN3O2/c1-2-21-7-3-4-15(21)13-20-18(23)14-5-6-17(16(19)12-14)22-8-10-24-11-9-22/h5-6,12,15H,2-4,7-11,13H2,1H3,(H,20,23)/t15-/m0/s1. The number of benzene rings is 1. The molecule has 132 valence electrons. The number of hydrogen-bond acceptors (Lipinski definition) is 4. The Hall–Kier alpha value is -1.66. The molecule has 0 aliphatic carbocycles. The van der Waals surface area contributed by atoms with Gasteiger partial charge in [0.15, 0.2) is 0 Å². The fraction of sp³-hybridized carbons (Fsp3) is 0.611. The van der Waals surface area contributed by atoms with E-state index >= 15 is 0 Å². The molecule has 2 saturated heterocycles. The second-order valence-corrected chi connectivity index (χ2v) is 6.40. The zero-order chi connectivity index (χ0) is 16.9. The third kappa shape index (κ3) is 3.87. The smallest absolute Gasteiger partial charge is 0.251 e. The molecule has 6 heteroatoms. The van der Waals surface area contributed by atoms with Gasteiger partial charge < -0.3 is 15.0 Å². The maximum Gasteiger partial charge on any atom is 0.251 e. The molecule has 0 radical (unpaired) electrons. The maximum atomic E-state index is 14.4. The molecule has 5 nitrogen and oxygen atoms in total. The molecule has 1 atom stereocenters. The van der Waals surface area contributed by atoms with Crippen LogP contribution < -0.4 is 10.2 Å². The molecular weight excluding hydrogens is 309 g/mol. The summed E-state index contributed by atoms with van der Waals surface area (Å²) in [6.45, 7) is 7.44. The highest BCUT2D eigenvalue weighted by Crippen LogP contribution is 2.22. The highest BCUT2D eigenvalue weighted by Gasteiger charge is 2.23. The van der Waals surface area contributed by atoms with Gasteiger partial charge in [-0.1, -0.05) is 6.92 Å². The molecule has 0 spiro atoms. The van der Waals surface area contributed by atoms with E-state index in [0.717, 1.165) is 19.5 Å². The number of rotatable bonds is 5. The molecule has 0 saturated carbocycles. The number of hydrogen-bond donors (Lipinski definition) is 1. The van der Waals surface area contributed by atoms with Gasteiger partial charge in [-0.3, -0.25) is 9.69 Å². The molecule has 0 aromatic heterocycles. The first kappa shape index (κ1) is 17.2. The number of nitrogens with one attached hydrogen (secondary N) is 1. The van der Waals surface area contributed by atoms with Crippen LogP contribution in [-0.4, -0.2) is 62.8 Å². The van der Waals surface area contributed by atoms with Gasteiger partial charge in [0.2, 0.25) is 0 Å². The van der Waals surface area contributed by atoms with Crippen molar-refractivity contribution in [2.45, 2.75) is 25.8 Å². The average molecular weight is 335 g/mol. The van der Waals surface area contributed by atoms with Crippen LogP contribution in [0.3, 0.4) is 0 Å². The lowest BCUT2D eigenvalue weighted by Crippen LogP contribution is -2.40. The molecule has 2 aliphatic rings. The van der Waals surface area contributed by atoms with Crippen LogP contribution in [0.4, 0.5) is 10.1 Å². The van der Waals surface area contributed by atoms with Gasteiger partial charge in [-0.2, -0.15) is 0 Å². The molecule has 1 aromatic rings. The summed E-state index contributed by atoms with van der Waals surface area (Å²) in [4.78, 5) is 16.6. The van der Waals surface area contributed by atoms with Crippen molar-refractivity contribution >= 4 is 11.6 Å². The molecule has 0 bridgehead atoms. The summed E-state index contributed by atoms with van der Waals surface area (Å²) < 4.78 is 19.7. The number of amides is 1. The minimum absolute atomic E-state index is 0.203. The first-order chi connectivity index (χ1) is 11.7. The highest BCUT2D eigenvalue weighted by atomic mass is 19.1. The summed E-state index contributed by atoms with van der Waals surface area (Å²) in [6, 6.07) is 5.14. The van der Waals surface area contributed by atoms with E-state index in [1.54, 1.807) is 12.1 Å². The summed E-state index contributed by atoms with van der Waals surface area (Å²) in [5, 5.41) is 2.95. The van der Waals surface area contributed by atoms with Crippen LogP contribution in [0.25, 0.3) is 0 Å². The van der Waals surface area contributed by atoms with E-state index in [9.17, 15) is 9.18 Å². The van der Waals surface area contributed by atoms with E-state index in [2.05, 4.69) is 17.1 Å². The molecule has 2 fully saturated rings. The number of ether oxygens (including phenoxy) is 1. The average Bonchev–Trinajstić information content (AvgIpc) is 3.08. The lowest BCUT2D eigenvalue weighted by molar-refractivity contribution is 0.0941. The first-order valence-corrected chi connectivity index (χ1v) is 8.83. The quantitative estimate of drug-likeness (QED) is 0.892. The molecule has 1 N–H and O–H groups in total. The number of likely N-dealkylation sites (tertiary alicyclic amines) is 1. The van der Waals surface area contributed by atoms with Crippen molar-refractivity contribution in [2.75, 3.05) is 50.8 Å². The Morgan fingerprint density at radius 1 is 1.33 bits per heavy atom. The van der Waals surface area contributed by atoms with Crippen LogP contribution in [0, 0.1) is 5.82 Å². The normalized spacial score (nSPS) is 21.9. The molecule has 1 amide bonds. The Morgan fingerprint density at radius 3 is 2.83 bits per heavy atom. The summed E-state index contributed by atoms with van der Waals surface area (Å²) in [5.74, 6) is -0.550. The van der Waals surface area contributed by atoms with Crippen molar-refractivity contribution in [1.82, 2.24) is 10.2 Å². The number of morpholine rings is 1. The fourth-order valence-electron chi connectivity index (χ4n) is 3.56. The van der Waals surface area contributed by atoms with E-state index in [1.165, 1.54) is 12.5 Å². The minimum Gasteiger partial charge on any atom is -0.378 e. The number of anilines is 1. The predicted molar refractivity (Wildman–Crippen MR) is 92.0 cm³/mol. The largest absolute Gasteiger partial charge is 0.378 e. The zero-order valence-corrected chi connectivity index (χ0v) is 14.3. The van der Waals surface area contributed by atoms with E-state index in [4.69, 9.17) is 4.74 Å². The van der Waals surface area contributed by atoms with Gasteiger partial charge >= 0.3 is 0 Å². The van der Waals surface area contributed by atoms with Crippen LogP contribution in [0.15, 0.2) is 18.2 Å². The summed E-state index contributed by atoms with van der Waals surface area (Å²) in [5.41, 5.74) is 0.924. The Labute approximate surface area is 142 Å². The zero-order valence-electron chi connectivity index (χ0n) is 14.3. The van der Waals surface area contributed by atoms with E-state index in [0.29, 0.717) is 50.1 Å². The van der Waals surface area contributed by atoms with Gasteiger partial charge in [0.25, 0.3) is 5.91 Å². The lowest BCUT2D eigenvalue weighted by atomic mass is 10.1. The Balaban J connectivity index is 1.59. The number of likely N-dealkylation sites (N-methyl/N-ethyl adjacent to an activating group) is 1. The van der Waals surface area contributed by atoms with Crippen molar-refractivity contribution in [3.63, 3.8) is 0 Å². The van der Waals surface area contributed by atoms with Gasteiger partial charge in [-0.05, 0) is 44.1 Å². The number of nitrogens with zero attached hydrogens (tertiary/aromatic N) is 2. The van der Waals surface area contributed by atoms with Crippen LogP contribution in [0.5, 0.6) is 0 Å². The van der Waals surface area contributed by atoms with Crippen LogP contribution in [-0.2, 0) is 4.74 Å². The third-order valence-electron chi connectivity index (χ3n) is 4.97. The van der Waals surface area contributed by atoms with Gasteiger partial charge in [-0.15, -0.1) is 0 Å². The second-order valence-electron chi connectivity index (χ2n) is 6.40. The molecule has 24 heavy (non-hydrogen) atoms. The van der Waals surface area contributed by atoms with Crippen molar-refractivity contribution in [1.29, 1.82) is 0 Å². The summed E-state index contributed by atoms with van der Waals surface area (Å²) in [6.07, 6.45) is 2.29. The fourth-order valence-corrected chi connectivity index (χ4v) is 3.56. The van der Waals surface area contributed by atoms with E-state index in [1.807, 2.05) is 4.90 Å². The second kappa shape index (κ2) is 7.94.